The number of non-ortho nitro benzene ring substituents is 1. The van der Waals surface area contributed by atoms with Crippen LogP contribution in [0.3, 0.4) is 0 Å². The average Bonchev–Trinajstić information content (AvgIpc) is 2.53. The second-order valence-corrected chi connectivity index (χ2v) is 4.43. The Morgan fingerprint density at radius 2 is 1.95 bits per heavy atom. The first-order valence-electron chi connectivity index (χ1n) is 6.48. The zero-order valence-electron chi connectivity index (χ0n) is 12.0. The summed E-state index contributed by atoms with van der Waals surface area (Å²) in [5, 5.41) is 10.7. The molecule has 0 aliphatic carbocycles. The van der Waals surface area contributed by atoms with Crippen LogP contribution in [0, 0.1) is 10.1 Å². The number of rotatable bonds is 4. The fraction of sp³-hybridized carbons (Fsp3) is 0.200. The van der Waals surface area contributed by atoms with E-state index in [2.05, 4.69) is 4.74 Å². The summed E-state index contributed by atoms with van der Waals surface area (Å²) in [6, 6.07) is 7.15. The summed E-state index contributed by atoms with van der Waals surface area (Å²) in [6.07, 6.45) is 0.434. The summed E-state index contributed by atoms with van der Waals surface area (Å²) >= 11 is 0. The van der Waals surface area contributed by atoms with Crippen molar-refractivity contribution in [2.75, 3.05) is 7.11 Å². The highest BCUT2D eigenvalue weighted by molar-refractivity contribution is 5.90. The number of aryl methyl sites for hydroxylation is 1. The monoisotopic (exact) mass is 303 g/mol. The molecule has 0 spiro atoms. The number of hydrogen-bond acceptors (Lipinski definition) is 6. The van der Waals surface area contributed by atoms with Gasteiger partial charge in [0.15, 0.2) is 0 Å². The zero-order chi connectivity index (χ0) is 16.3. The molecule has 0 fully saturated rings. The number of methoxy groups -OCH3 is 1. The molecular formula is C15H13NO6. The van der Waals surface area contributed by atoms with E-state index in [0.717, 1.165) is 0 Å². The van der Waals surface area contributed by atoms with Crippen molar-refractivity contribution >= 4 is 11.7 Å². The standard InChI is InChI=1S/C15H13NO6/c1-3-13-11(8-12(14(17)21-2)15(18)22-13)9-4-6-10(7-5-9)16(19)20/h4-8H,3H2,1-2H3. The molecule has 0 amide bonds. The summed E-state index contributed by atoms with van der Waals surface area (Å²) in [7, 11) is 1.17. The molecule has 0 aliphatic rings. The van der Waals surface area contributed by atoms with Gasteiger partial charge in [-0.3, -0.25) is 10.1 Å². The topological polar surface area (TPSA) is 99.7 Å². The second-order valence-electron chi connectivity index (χ2n) is 4.43. The highest BCUT2D eigenvalue weighted by Gasteiger charge is 2.18. The third-order valence-electron chi connectivity index (χ3n) is 3.14. The van der Waals surface area contributed by atoms with E-state index in [1.165, 1.54) is 37.4 Å². The minimum atomic E-state index is -0.792. The normalized spacial score (nSPS) is 10.3. The molecule has 114 valence electrons. The van der Waals surface area contributed by atoms with Gasteiger partial charge in [-0.2, -0.15) is 0 Å². The van der Waals surface area contributed by atoms with Crippen molar-refractivity contribution in [3.05, 3.63) is 62.2 Å². The van der Waals surface area contributed by atoms with Gasteiger partial charge in [0.2, 0.25) is 0 Å². The van der Waals surface area contributed by atoms with Gasteiger partial charge >= 0.3 is 11.6 Å². The van der Waals surface area contributed by atoms with Crippen LogP contribution in [0.25, 0.3) is 11.1 Å². The lowest BCUT2D eigenvalue weighted by Gasteiger charge is -2.08. The molecule has 0 aliphatic heterocycles. The number of nitrogens with zero attached hydrogens (tertiary/aromatic N) is 1. The van der Waals surface area contributed by atoms with Crippen molar-refractivity contribution in [1.29, 1.82) is 0 Å². The third-order valence-corrected chi connectivity index (χ3v) is 3.14. The van der Waals surface area contributed by atoms with Crippen LogP contribution in [0.15, 0.2) is 39.5 Å². The van der Waals surface area contributed by atoms with Crippen LogP contribution in [0.5, 0.6) is 0 Å². The molecule has 7 nitrogen and oxygen atoms in total. The van der Waals surface area contributed by atoms with Crippen LogP contribution in [-0.2, 0) is 11.2 Å². The van der Waals surface area contributed by atoms with Crippen LogP contribution in [0.2, 0.25) is 0 Å². The maximum Gasteiger partial charge on any atom is 0.350 e. The van der Waals surface area contributed by atoms with E-state index in [4.69, 9.17) is 4.42 Å². The van der Waals surface area contributed by atoms with Gasteiger partial charge in [0.25, 0.3) is 5.69 Å². The quantitative estimate of drug-likeness (QED) is 0.489. The Morgan fingerprint density at radius 3 is 2.45 bits per heavy atom. The highest BCUT2D eigenvalue weighted by Crippen LogP contribution is 2.26. The van der Waals surface area contributed by atoms with E-state index in [1.807, 2.05) is 0 Å². The Morgan fingerprint density at radius 1 is 1.32 bits per heavy atom. The third kappa shape index (κ3) is 2.88. The Kier molecular flexibility index (Phi) is 4.36. The van der Waals surface area contributed by atoms with E-state index >= 15 is 0 Å². The molecule has 0 N–H and O–H groups in total. The number of carbonyl (C=O) groups is 1. The highest BCUT2D eigenvalue weighted by atomic mass is 16.6. The lowest BCUT2D eigenvalue weighted by atomic mass is 10.0. The predicted octanol–water partition coefficient (Wildman–Crippen LogP) is 2.56. The van der Waals surface area contributed by atoms with Gasteiger partial charge in [0.1, 0.15) is 11.3 Å². The molecule has 0 saturated heterocycles. The van der Waals surface area contributed by atoms with Crippen molar-refractivity contribution in [1.82, 2.24) is 0 Å². The van der Waals surface area contributed by atoms with E-state index in [1.54, 1.807) is 6.92 Å². The van der Waals surface area contributed by atoms with Crippen LogP contribution < -0.4 is 5.63 Å². The molecule has 1 aromatic carbocycles. The Labute approximate surface area is 125 Å². The Hall–Kier alpha value is -2.96. The maximum atomic E-state index is 11.8. The van der Waals surface area contributed by atoms with Gasteiger partial charge in [-0.1, -0.05) is 6.92 Å². The van der Waals surface area contributed by atoms with Gasteiger partial charge in [-0.15, -0.1) is 0 Å². The summed E-state index contributed by atoms with van der Waals surface area (Å²) in [6.45, 7) is 1.80. The molecule has 0 bridgehead atoms. The molecule has 0 atom stereocenters. The number of hydrogen-bond donors (Lipinski definition) is 0. The maximum absolute atomic E-state index is 11.8. The SMILES string of the molecule is CCc1oc(=O)c(C(=O)OC)cc1-c1ccc([N+](=O)[O-])cc1. The van der Waals surface area contributed by atoms with Crippen LogP contribution >= 0.6 is 0 Å². The molecule has 1 aromatic heterocycles. The minimum absolute atomic E-state index is 0.0487. The molecular weight excluding hydrogens is 290 g/mol. The summed E-state index contributed by atoms with van der Waals surface area (Å²) in [5.74, 6) is -0.397. The van der Waals surface area contributed by atoms with Crippen molar-refractivity contribution in [3.63, 3.8) is 0 Å². The van der Waals surface area contributed by atoms with Gasteiger partial charge in [0, 0.05) is 24.1 Å². The Bertz CT molecular complexity index is 776. The van der Waals surface area contributed by atoms with E-state index in [-0.39, 0.29) is 11.3 Å². The molecule has 2 rings (SSSR count). The van der Waals surface area contributed by atoms with Crippen molar-refractivity contribution in [2.45, 2.75) is 13.3 Å². The second kappa shape index (κ2) is 6.21. The summed E-state index contributed by atoms with van der Waals surface area (Å²) in [5.41, 5.74) is 0.100. The first-order valence-corrected chi connectivity index (χ1v) is 6.48. The molecule has 2 aromatic rings. The number of benzene rings is 1. The largest absolute Gasteiger partial charge is 0.465 e. The van der Waals surface area contributed by atoms with Crippen molar-refractivity contribution in [3.8, 4) is 11.1 Å². The molecule has 7 heteroatoms. The first-order chi connectivity index (χ1) is 10.5. The van der Waals surface area contributed by atoms with E-state index in [0.29, 0.717) is 23.3 Å². The van der Waals surface area contributed by atoms with Crippen LogP contribution in [0.4, 0.5) is 5.69 Å². The number of carbonyl (C=O) groups excluding carboxylic acids is 1. The lowest BCUT2D eigenvalue weighted by Crippen LogP contribution is -2.16. The first kappa shape index (κ1) is 15.4. The van der Waals surface area contributed by atoms with Gasteiger partial charge in [0.05, 0.1) is 12.0 Å². The van der Waals surface area contributed by atoms with Gasteiger partial charge in [-0.05, 0) is 23.8 Å². The summed E-state index contributed by atoms with van der Waals surface area (Å²) in [4.78, 5) is 33.5. The number of nitro benzene ring substituents is 1. The number of esters is 1. The van der Waals surface area contributed by atoms with Crippen LogP contribution in [-0.4, -0.2) is 18.0 Å². The molecule has 0 radical (unpaired) electrons. The molecule has 1 heterocycles. The number of ether oxygens (including phenoxy) is 1. The van der Waals surface area contributed by atoms with Crippen molar-refractivity contribution in [2.24, 2.45) is 0 Å². The van der Waals surface area contributed by atoms with Gasteiger partial charge in [-0.25, -0.2) is 9.59 Å². The Balaban J connectivity index is 2.59. The minimum Gasteiger partial charge on any atom is -0.465 e. The average molecular weight is 303 g/mol. The number of nitro groups is 1. The van der Waals surface area contributed by atoms with Crippen molar-refractivity contribution < 1.29 is 18.9 Å². The molecule has 22 heavy (non-hydrogen) atoms. The van der Waals surface area contributed by atoms with E-state index in [9.17, 15) is 19.7 Å². The molecule has 0 unspecified atom stereocenters. The molecule has 0 saturated carbocycles. The smallest absolute Gasteiger partial charge is 0.350 e. The van der Waals surface area contributed by atoms with Crippen LogP contribution in [0.1, 0.15) is 23.0 Å². The fourth-order valence-corrected chi connectivity index (χ4v) is 2.03. The van der Waals surface area contributed by atoms with E-state index < -0.39 is 16.5 Å². The predicted molar refractivity (Wildman–Crippen MR) is 77.8 cm³/mol. The zero-order valence-corrected chi connectivity index (χ0v) is 12.0. The lowest BCUT2D eigenvalue weighted by molar-refractivity contribution is -0.384. The fourth-order valence-electron chi connectivity index (χ4n) is 2.03. The summed E-state index contributed by atoms with van der Waals surface area (Å²) < 4.78 is 9.70. The van der Waals surface area contributed by atoms with Gasteiger partial charge < -0.3 is 9.15 Å².